The Bertz CT molecular complexity index is 682. The molecule has 22 heavy (non-hydrogen) atoms. The first-order valence-electron chi connectivity index (χ1n) is 6.75. The molecular formula is C17H18N2O3. The lowest BCUT2D eigenvalue weighted by molar-refractivity contribution is 0.104. The number of benzene rings is 1. The number of hydrogen-bond acceptors (Lipinski definition) is 5. The summed E-state index contributed by atoms with van der Waals surface area (Å²) in [5.74, 6) is 1.29. The van der Waals surface area contributed by atoms with Crippen LogP contribution < -0.4 is 14.8 Å². The molecule has 0 saturated carbocycles. The van der Waals surface area contributed by atoms with E-state index in [1.165, 1.54) is 6.08 Å². The standard InChI is InChI=1S/C17H18N2O3/c1-12(10-16(20)13-6-8-18-9-7-13)19-15-11-14(21-2)4-5-17(15)22-3/h4-11,19H,1-3H3. The Morgan fingerprint density at radius 3 is 2.50 bits per heavy atom. The number of allylic oxidation sites excluding steroid dienone is 2. The molecule has 0 fully saturated rings. The molecule has 0 bridgehead atoms. The minimum atomic E-state index is -0.0886. The molecular weight excluding hydrogens is 280 g/mol. The molecule has 1 heterocycles. The summed E-state index contributed by atoms with van der Waals surface area (Å²) in [7, 11) is 3.19. The van der Waals surface area contributed by atoms with Crippen molar-refractivity contribution >= 4 is 11.5 Å². The van der Waals surface area contributed by atoms with Crippen molar-refractivity contribution < 1.29 is 14.3 Å². The van der Waals surface area contributed by atoms with Crippen LogP contribution in [-0.2, 0) is 0 Å². The molecule has 5 heteroatoms. The molecule has 0 atom stereocenters. The van der Waals surface area contributed by atoms with Gasteiger partial charge in [-0.3, -0.25) is 9.78 Å². The molecule has 1 N–H and O–H groups in total. The van der Waals surface area contributed by atoms with Crippen LogP contribution in [0.5, 0.6) is 11.5 Å². The number of nitrogens with one attached hydrogen (secondary N) is 1. The summed E-state index contributed by atoms with van der Waals surface area (Å²) in [4.78, 5) is 16.0. The zero-order valence-corrected chi connectivity index (χ0v) is 12.8. The molecule has 5 nitrogen and oxygen atoms in total. The molecule has 0 saturated heterocycles. The van der Waals surface area contributed by atoms with Crippen molar-refractivity contribution in [2.45, 2.75) is 6.92 Å². The Hall–Kier alpha value is -2.82. The molecule has 0 radical (unpaired) electrons. The number of aromatic nitrogens is 1. The molecule has 2 rings (SSSR count). The maximum Gasteiger partial charge on any atom is 0.187 e. The van der Waals surface area contributed by atoms with Gasteiger partial charge in [-0.15, -0.1) is 0 Å². The average Bonchev–Trinajstić information content (AvgIpc) is 2.55. The summed E-state index contributed by atoms with van der Waals surface area (Å²) in [6.07, 6.45) is 4.72. The lowest BCUT2D eigenvalue weighted by Gasteiger charge is -2.12. The summed E-state index contributed by atoms with van der Waals surface area (Å²) in [6, 6.07) is 8.79. The van der Waals surface area contributed by atoms with E-state index in [2.05, 4.69) is 10.3 Å². The van der Waals surface area contributed by atoms with Crippen LogP contribution in [0.15, 0.2) is 54.5 Å². The second kappa shape index (κ2) is 7.26. The first kappa shape index (κ1) is 15.6. The molecule has 1 aromatic heterocycles. The quantitative estimate of drug-likeness (QED) is 0.655. The number of carbonyl (C=O) groups is 1. The highest BCUT2D eigenvalue weighted by molar-refractivity contribution is 6.05. The number of ketones is 1. The molecule has 0 aliphatic rings. The van der Waals surface area contributed by atoms with Crippen molar-refractivity contribution in [3.63, 3.8) is 0 Å². The summed E-state index contributed by atoms with van der Waals surface area (Å²) in [5.41, 5.74) is 2.03. The van der Waals surface area contributed by atoms with E-state index >= 15 is 0 Å². The fourth-order valence-electron chi connectivity index (χ4n) is 1.96. The lowest BCUT2D eigenvalue weighted by Crippen LogP contribution is -2.03. The van der Waals surface area contributed by atoms with Crippen LogP contribution in [-0.4, -0.2) is 25.0 Å². The van der Waals surface area contributed by atoms with Gasteiger partial charge < -0.3 is 14.8 Å². The van der Waals surface area contributed by atoms with E-state index in [1.54, 1.807) is 44.8 Å². The van der Waals surface area contributed by atoms with Gasteiger partial charge in [-0.2, -0.15) is 0 Å². The van der Waals surface area contributed by atoms with Crippen molar-refractivity contribution in [1.82, 2.24) is 4.98 Å². The van der Waals surface area contributed by atoms with Gasteiger partial charge in [0.25, 0.3) is 0 Å². The van der Waals surface area contributed by atoms with Gasteiger partial charge in [-0.05, 0) is 31.2 Å². The van der Waals surface area contributed by atoms with E-state index in [9.17, 15) is 4.79 Å². The second-order valence-corrected chi connectivity index (χ2v) is 4.62. The fourth-order valence-corrected chi connectivity index (χ4v) is 1.96. The van der Waals surface area contributed by atoms with E-state index in [0.29, 0.717) is 22.8 Å². The van der Waals surface area contributed by atoms with Crippen LogP contribution >= 0.6 is 0 Å². The van der Waals surface area contributed by atoms with Crippen LogP contribution in [0.3, 0.4) is 0 Å². The lowest BCUT2D eigenvalue weighted by atomic mass is 10.1. The van der Waals surface area contributed by atoms with Gasteiger partial charge in [0.15, 0.2) is 5.78 Å². The van der Waals surface area contributed by atoms with E-state index in [0.717, 1.165) is 5.69 Å². The molecule has 0 aliphatic heterocycles. The zero-order valence-electron chi connectivity index (χ0n) is 12.8. The van der Waals surface area contributed by atoms with Crippen molar-refractivity contribution in [2.75, 3.05) is 19.5 Å². The van der Waals surface area contributed by atoms with Gasteiger partial charge in [0.1, 0.15) is 11.5 Å². The van der Waals surface area contributed by atoms with Crippen molar-refractivity contribution in [3.05, 3.63) is 60.1 Å². The molecule has 0 amide bonds. The Kier molecular flexibility index (Phi) is 5.14. The maximum absolute atomic E-state index is 12.1. The number of nitrogens with zero attached hydrogens (tertiary/aromatic N) is 1. The van der Waals surface area contributed by atoms with Gasteiger partial charge in [-0.1, -0.05) is 0 Å². The second-order valence-electron chi connectivity index (χ2n) is 4.62. The van der Waals surface area contributed by atoms with Gasteiger partial charge in [0.2, 0.25) is 0 Å². The van der Waals surface area contributed by atoms with Gasteiger partial charge in [0, 0.05) is 35.8 Å². The summed E-state index contributed by atoms with van der Waals surface area (Å²) < 4.78 is 10.5. The summed E-state index contributed by atoms with van der Waals surface area (Å²) in [6.45, 7) is 1.82. The predicted octanol–water partition coefficient (Wildman–Crippen LogP) is 3.30. The molecule has 114 valence electrons. The first-order valence-corrected chi connectivity index (χ1v) is 6.75. The van der Waals surface area contributed by atoms with E-state index in [4.69, 9.17) is 9.47 Å². The Morgan fingerprint density at radius 1 is 1.14 bits per heavy atom. The number of carbonyl (C=O) groups excluding carboxylic acids is 1. The largest absolute Gasteiger partial charge is 0.497 e. The first-order chi connectivity index (χ1) is 10.6. The van der Waals surface area contributed by atoms with Crippen LogP contribution in [0.4, 0.5) is 5.69 Å². The van der Waals surface area contributed by atoms with Crippen molar-refractivity contribution in [2.24, 2.45) is 0 Å². The third-order valence-corrected chi connectivity index (χ3v) is 3.05. The minimum absolute atomic E-state index is 0.0886. The Morgan fingerprint density at radius 2 is 1.86 bits per heavy atom. The van der Waals surface area contributed by atoms with Gasteiger partial charge >= 0.3 is 0 Å². The topological polar surface area (TPSA) is 60.5 Å². The van der Waals surface area contributed by atoms with Crippen LogP contribution in [0.25, 0.3) is 0 Å². The molecule has 0 unspecified atom stereocenters. The molecule has 0 spiro atoms. The van der Waals surface area contributed by atoms with Crippen LogP contribution in [0.2, 0.25) is 0 Å². The highest BCUT2D eigenvalue weighted by atomic mass is 16.5. The van der Waals surface area contributed by atoms with Gasteiger partial charge in [-0.25, -0.2) is 0 Å². The van der Waals surface area contributed by atoms with E-state index in [1.807, 2.05) is 19.1 Å². The van der Waals surface area contributed by atoms with E-state index in [-0.39, 0.29) is 5.78 Å². The van der Waals surface area contributed by atoms with Crippen molar-refractivity contribution in [1.29, 1.82) is 0 Å². The smallest absolute Gasteiger partial charge is 0.187 e. The Balaban J connectivity index is 2.19. The molecule has 2 aromatic rings. The number of hydrogen-bond donors (Lipinski definition) is 1. The number of methoxy groups -OCH3 is 2. The van der Waals surface area contributed by atoms with Gasteiger partial charge in [0.05, 0.1) is 19.9 Å². The average molecular weight is 298 g/mol. The number of ether oxygens (including phenoxy) is 2. The predicted molar refractivity (Wildman–Crippen MR) is 85.5 cm³/mol. The van der Waals surface area contributed by atoms with E-state index < -0.39 is 0 Å². The highest BCUT2D eigenvalue weighted by Gasteiger charge is 2.07. The third-order valence-electron chi connectivity index (χ3n) is 3.05. The third kappa shape index (κ3) is 3.85. The number of anilines is 1. The molecule has 0 aliphatic carbocycles. The highest BCUT2D eigenvalue weighted by Crippen LogP contribution is 2.29. The monoisotopic (exact) mass is 298 g/mol. The maximum atomic E-state index is 12.1. The normalized spacial score (nSPS) is 11.0. The summed E-state index contributed by atoms with van der Waals surface area (Å²) >= 11 is 0. The Labute approximate surface area is 129 Å². The van der Waals surface area contributed by atoms with Crippen LogP contribution in [0, 0.1) is 0 Å². The summed E-state index contributed by atoms with van der Waals surface area (Å²) in [5, 5.41) is 3.16. The van der Waals surface area contributed by atoms with Crippen LogP contribution in [0.1, 0.15) is 17.3 Å². The number of pyridine rings is 1. The molecule has 1 aromatic carbocycles. The zero-order chi connectivity index (χ0) is 15.9. The number of rotatable bonds is 6. The fraction of sp³-hybridized carbons (Fsp3) is 0.176. The SMILES string of the molecule is COc1ccc(OC)c(NC(C)=CC(=O)c2ccncc2)c1. The van der Waals surface area contributed by atoms with Crippen molar-refractivity contribution in [3.8, 4) is 11.5 Å². The minimum Gasteiger partial charge on any atom is -0.497 e.